The van der Waals surface area contributed by atoms with Gasteiger partial charge in [-0.15, -0.1) is 10.2 Å². The summed E-state index contributed by atoms with van der Waals surface area (Å²) in [7, 11) is 0. The predicted molar refractivity (Wildman–Crippen MR) is 103 cm³/mol. The van der Waals surface area contributed by atoms with E-state index in [1.54, 1.807) is 23.9 Å². The van der Waals surface area contributed by atoms with Gasteiger partial charge >= 0.3 is 0 Å². The van der Waals surface area contributed by atoms with Crippen LogP contribution in [0.3, 0.4) is 0 Å². The van der Waals surface area contributed by atoms with Gasteiger partial charge in [-0.2, -0.15) is 0 Å². The Bertz CT molecular complexity index is 844. The van der Waals surface area contributed by atoms with Gasteiger partial charge in [0.15, 0.2) is 5.01 Å². The summed E-state index contributed by atoms with van der Waals surface area (Å²) in [4.78, 5) is 15.4. The first kappa shape index (κ1) is 16.8. The fourth-order valence-electron chi connectivity index (χ4n) is 3.05. The van der Waals surface area contributed by atoms with Crippen molar-refractivity contribution >= 4 is 22.3 Å². The van der Waals surface area contributed by atoms with Crippen molar-refractivity contribution in [3.05, 3.63) is 42.5 Å². The Hall–Kier alpha value is -2.61. The highest BCUT2D eigenvalue weighted by atomic mass is 32.1. The molecule has 0 amide bonds. The second-order valence-corrected chi connectivity index (χ2v) is 7.23. The van der Waals surface area contributed by atoms with Gasteiger partial charge in [0.25, 0.3) is 0 Å². The largest absolute Gasteiger partial charge is 0.357 e. The average Bonchev–Trinajstić information content (AvgIpc) is 3.18. The Kier molecular flexibility index (Phi) is 5.01. The molecule has 1 saturated heterocycles. The molecule has 4 rings (SSSR count). The van der Waals surface area contributed by atoms with Gasteiger partial charge in [-0.3, -0.25) is 4.98 Å². The number of nitrogens with zero attached hydrogens (tertiary/aromatic N) is 6. The van der Waals surface area contributed by atoms with Crippen LogP contribution in [0.1, 0.15) is 25.5 Å². The third-order valence-corrected chi connectivity index (χ3v) is 5.40. The third kappa shape index (κ3) is 3.80. The van der Waals surface area contributed by atoms with Crippen molar-refractivity contribution < 1.29 is 0 Å². The Balaban J connectivity index is 1.35. The van der Waals surface area contributed by atoms with Crippen molar-refractivity contribution in [1.29, 1.82) is 0 Å². The van der Waals surface area contributed by atoms with Crippen LogP contribution >= 0.6 is 11.3 Å². The molecule has 0 aliphatic carbocycles. The van der Waals surface area contributed by atoms with Gasteiger partial charge < -0.3 is 10.2 Å². The monoisotopic (exact) mass is 367 g/mol. The minimum atomic E-state index is 0.406. The second-order valence-electron chi connectivity index (χ2n) is 6.25. The summed E-state index contributed by atoms with van der Waals surface area (Å²) in [5.74, 6) is 1.03. The van der Waals surface area contributed by atoms with Crippen LogP contribution in [0, 0.1) is 0 Å². The smallest absolute Gasteiger partial charge is 0.206 e. The fourth-order valence-corrected chi connectivity index (χ4v) is 3.85. The molecule has 134 valence electrons. The lowest BCUT2D eigenvalue weighted by Gasteiger charge is -2.33. The zero-order valence-corrected chi connectivity index (χ0v) is 15.5. The topological polar surface area (TPSA) is 79.7 Å². The van der Waals surface area contributed by atoms with Gasteiger partial charge in [-0.05, 0) is 31.4 Å². The fraction of sp³-hybridized carbons (Fsp3) is 0.389. The Morgan fingerprint density at radius 2 is 2.04 bits per heavy atom. The van der Waals surface area contributed by atoms with E-state index in [1.165, 1.54) is 0 Å². The highest BCUT2D eigenvalue weighted by Crippen LogP contribution is 2.27. The van der Waals surface area contributed by atoms with Crippen LogP contribution in [0.25, 0.3) is 10.7 Å². The van der Waals surface area contributed by atoms with Crippen LogP contribution in [-0.4, -0.2) is 44.3 Å². The molecule has 4 heterocycles. The maximum Gasteiger partial charge on any atom is 0.206 e. The molecule has 1 N–H and O–H groups in total. The van der Waals surface area contributed by atoms with E-state index in [1.807, 2.05) is 18.2 Å². The van der Waals surface area contributed by atoms with E-state index in [4.69, 9.17) is 0 Å². The average molecular weight is 367 g/mol. The molecule has 26 heavy (non-hydrogen) atoms. The number of hydrogen-bond donors (Lipinski definition) is 1. The first-order valence-corrected chi connectivity index (χ1v) is 9.71. The lowest BCUT2D eigenvalue weighted by molar-refractivity contribution is 0.522. The van der Waals surface area contributed by atoms with Gasteiger partial charge in [-0.1, -0.05) is 24.3 Å². The normalized spacial score (nSPS) is 15.2. The summed E-state index contributed by atoms with van der Waals surface area (Å²) in [5.41, 5.74) is 1.95. The molecule has 1 aliphatic heterocycles. The predicted octanol–water partition coefficient (Wildman–Crippen LogP) is 3.03. The highest BCUT2D eigenvalue weighted by molar-refractivity contribution is 7.18. The molecule has 0 saturated carbocycles. The van der Waals surface area contributed by atoms with Gasteiger partial charge in [0.2, 0.25) is 5.13 Å². The number of hydrogen-bond acceptors (Lipinski definition) is 8. The molecule has 7 nitrogen and oxygen atoms in total. The van der Waals surface area contributed by atoms with Gasteiger partial charge in [-0.25, -0.2) is 9.97 Å². The molecule has 1 fully saturated rings. The number of aryl methyl sites for hydroxylation is 1. The van der Waals surface area contributed by atoms with E-state index in [0.29, 0.717) is 6.04 Å². The first-order valence-electron chi connectivity index (χ1n) is 8.89. The molecular weight excluding hydrogens is 346 g/mol. The molecule has 8 heteroatoms. The minimum absolute atomic E-state index is 0.406. The minimum Gasteiger partial charge on any atom is -0.357 e. The second kappa shape index (κ2) is 7.74. The summed E-state index contributed by atoms with van der Waals surface area (Å²) in [6.45, 7) is 4.07. The highest BCUT2D eigenvalue weighted by Gasteiger charge is 2.21. The molecule has 1 aliphatic rings. The summed E-state index contributed by atoms with van der Waals surface area (Å²) >= 11 is 1.55. The molecule has 0 aromatic carbocycles. The summed E-state index contributed by atoms with van der Waals surface area (Å²) in [5, 5.41) is 13.7. The third-order valence-electron chi connectivity index (χ3n) is 4.53. The summed E-state index contributed by atoms with van der Waals surface area (Å²) in [6, 6.07) is 8.32. The molecule has 0 unspecified atom stereocenters. The van der Waals surface area contributed by atoms with Crippen molar-refractivity contribution in [2.24, 2.45) is 0 Å². The van der Waals surface area contributed by atoms with Crippen molar-refractivity contribution in [3.63, 3.8) is 0 Å². The van der Waals surface area contributed by atoms with Gasteiger partial charge in [0.1, 0.15) is 17.8 Å². The van der Waals surface area contributed by atoms with E-state index in [9.17, 15) is 0 Å². The van der Waals surface area contributed by atoms with Crippen LogP contribution in [0.4, 0.5) is 10.9 Å². The van der Waals surface area contributed by atoms with E-state index in [0.717, 1.165) is 59.7 Å². The zero-order valence-electron chi connectivity index (χ0n) is 14.7. The molecule has 0 spiro atoms. The molecule has 0 atom stereocenters. The Labute approximate surface area is 156 Å². The van der Waals surface area contributed by atoms with Crippen molar-refractivity contribution in [3.8, 4) is 10.7 Å². The Morgan fingerprint density at radius 3 is 2.81 bits per heavy atom. The molecular formula is C18H21N7S. The number of pyridine rings is 1. The maximum atomic E-state index is 4.42. The van der Waals surface area contributed by atoms with Crippen LogP contribution in [0.5, 0.6) is 0 Å². The van der Waals surface area contributed by atoms with E-state index >= 15 is 0 Å². The first-order chi connectivity index (χ1) is 12.8. The molecule has 3 aromatic rings. The standard InChI is InChI=1S/C18H21N7S/c1-2-13-11-16(21-12-20-13)25-9-6-14(7-10-25)22-18-24-23-17(26-18)15-5-3-4-8-19-15/h3-5,8,11-12,14H,2,6-7,9-10H2,1H3,(H,22,24). The maximum absolute atomic E-state index is 4.42. The van der Waals surface area contributed by atoms with Crippen molar-refractivity contribution in [2.45, 2.75) is 32.2 Å². The SMILES string of the molecule is CCc1cc(N2CCC(Nc3nnc(-c4ccccn4)s3)CC2)ncn1. The van der Waals surface area contributed by atoms with Gasteiger partial charge in [0, 0.05) is 37.1 Å². The number of aromatic nitrogens is 5. The van der Waals surface area contributed by atoms with Gasteiger partial charge in [0.05, 0.1) is 0 Å². The number of anilines is 2. The quantitative estimate of drug-likeness (QED) is 0.742. The summed E-state index contributed by atoms with van der Waals surface area (Å²) in [6.07, 6.45) is 6.46. The summed E-state index contributed by atoms with van der Waals surface area (Å²) < 4.78 is 0. The van der Waals surface area contributed by atoms with Crippen molar-refractivity contribution in [1.82, 2.24) is 25.1 Å². The number of rotatable bonds is 5. The number of nitrogens with one attached hydrogen (secondary N) is 1. The van der Waals surface area contributed by atoms with Crippen LogP contribution in [0.2, 0.25) is 0 Å². The lowest BCUT2D eigenvalue weighted by Crippen LogP contribution is -2.39. The Morgan fingerprint density at radius 1 is 1.15 bits per heavy atom. The molecule has 0 bridgehead atoms. The zero-order chi connectivity index (χ0) is 17.8. The van der Waals surface area contributed by atoms with Crippen LogP contribution in [0.15, 0.2) is 36.8 Å². The van der Waals surface area contributed by atoms with E-state index in [-0.39, 0.29) is 0 Å². The van der Waals surface area contributed by atoms with E-state index < -0.39 is 0 Å². The van der Waals surface area contributed by atoms with Crippen LogP contribution < -0.4 is 10.2 Å². The lowest BCUT2D eigenvalue weighted by atomic mass is 10.1. The number of piperidine rings is 1. The van der Waals surface area contributed by atoms with Crippen LogP contribution in [-0.2, 0) is 6.42 Å². The molecule has 3 aromatic heterocycles. The van der Waals surface area contributed by atoms with E-state index in [2.05, 4.69) is 48.4 Å². The van der Waals surface area contributed by atoms with Crippen molar-refractivity contribution in [2.75, 3.05) is 23.3 Å². The molecule has 0 radical (unpaired) electrons.